The van der Waals surface area contributed by atoms with Gasteiger partial charge in [-0.1, -0.05) is 0 Å². The molecule has 3 N–H and O–H groups in total. The minimum Gasteiger partial charge on any atom is -0.398 e. The van der Waals surface area contributed by atoms with Crippen molar-refractivity contribution in [2.24, 2.45) is 0 Å². The van der Waals surface area contributed by atoms with Gasteiger partial charge < -0.3 is 11.1 Å². The van der Waals surface area contributed by atoms with E-state index in [1.165, 1.54) is 11.1 Å². The van der Waals surface area contributed by atoms with Crippen LogP contribution in [0.4, 0.5) is 24.5 Å². The van der Waals surface area contributed by atoms with E-state index >= 15 is 0 Å². The van der Waals surface area contributed by atoms with Crippen LogP contribution in [0.5, 0.6) is 0 Å². The zero-order chi connectivity index (χ0) is 14.8. The third-order valence-corrected chi connectivity index (χ3v) is 2.79. The first kappa shape index (κ1) is 14.6. The van der Waals surface area contributed by atoms with Gasteiger partial charge in [0, 0.05) is 17.9 Å². The smallest absolute Gasteiger partial charge is 0.398 e. The molecular weight excluding hydrogens is 275 g/mol. The number of hydroxylamine groups is 2. The van der Waals surface area contributed by atoms with Crippen LogP contribution in [-0.2, 0) is 15.8 Å². The Labute approximate surface area is 113 Å². The molecule has 1 saturated heterocycles. The van der Waals surface area contributed by atoms with Gasteiger partial charge in [-0.3, -0.25) is 9.63 Å². The molecule has 0 unspecified atom stereocenters. The minimum atomic E-state index is -4.55. The Morgan fingerprint density at radius 1 is 1.45 bits per heavy atom. The van der Waals surface area contributed by atoms with Gasteiger partial charge in [-0.25, -0.2) is 0 Å². The lowest BCUT2D eigenvalue weighted by Crippen LogP contribution is -2.30. The van der Waals surface area contributed by atoms with E-state index in [-0.39, 0.29) is 17.9 Å². The van der Waals surface area contributed by atoms with Crippen molar-refractivity contribution in [3.8, 4) is 0 Å². The predicted octanol–water partition coefficient (Wildman–Crippen LogP) is 1.86. The summed E-state index contributed by atoms with van der Waals surface area (Å²) < 4.78 is 38.0. The van der Waals surface area contributed by atoms with Crippen molar-refractivity contribution in [2.45, 2.75) is 12.6 Å². The number of nitrogen functional groups attached to an aromatic ring is 1. The van der Waals surface area contributed by atoms with Gasteiger partial charge in [0.05, 0.1) is 12.2 Å². The fourth-order valence-electron chi connectivity index (χ4n) is 1.86. The molecule has 1 aliphatic heterocycles. The van der Waals surface area contributed by atoms with Crippen LogP contribution in [-0.4, -0.2) is 30.7 Å². The Kier molecular flexibility index (Phi) is 4.15. The summed E-state index contributed by atoms with van der Waals surface area (Å²) >= 11 is 0. The summed E-state index contributed by atoms with van der Waals surface area (Å²) in [6, 6.07) is 3.26. The lowest BCUT2D eigenvalue weighted by atomic mass is 10.1. The van der Waals surface area contributed by atoms with Crippen molar-refractivity contribution in [2.75, 3.05) is 30.7 Å². The standard InChI is InChI=1S/C12H14F3N3O2/c13-12(14,15)9-6-8(2-3-10(9)16)17-11(19)7-18-4-1-5-20-18/h2-3,6H,1,4-5,7,16H2,(H,17,19). The maximum absolute atomic E-state index is 12.7. The SMILES string of the molecule is Nc1ccc(NC(=O)CN2CCCO2)cc1C(F)(F)F. The van der Waals surface area contributed by atoms with Crippen LogP contribution in [0.15, 0.2) is 18.2 Å². The molecule has 1 aromatic rings. The maximum atomic E-state index is 12.7. The fourth-order valence-corrected chi connectivity index (χ4v) is 1.86. The molecule has 1 aromatic carbocycles. The molecule has 0 radical (unpaired) electrons. The molecule has 5 nitrogen and oxygen atoms in total. The molecule has 110 valence electrons. The van der Waals surface area contributed by atoms with Gasteiger partial charge in [-0.05, 0) is 24.6 Å². The maximum Gasteiger partial charge on any atom is 0.418 e. The lowest BCUT2D eigenvalue weighted by Gasteiger charge is -2.15. The van der Waals surface area contributed by atoms with E-state index in [2.05, 4.69) is 5.32 Å². The highest BCUT2D eigenvalue weighted by molar-refractivity contribution is 5.92. The molecule has 1 amide bonds. The van der Waals surface area contributed by atoms with Crippen LogP contribution in [0.25, 0.3) is 0 Å². The summed E-state index contributed by atoms with van der Waals surface area (Å²) in [6.07, 6.45) is -3.73. The number of hydrogen-bond donors (Lipinski definition) is 2. The zero-order valence-corrected chi connectivity index (χ0v) is 10.5. The highest BCUT2D eigenvalue weighted by Crippen LogP contribution is 2.35. The third-order valence-electron chi connectivity index (χ3n) is 2.79. The Morgan fingerprint density at radius 2 is 2.20 bits per heavy atom. The topological polar surface area (TPSA) is 67.6 Å². The fraction of sp³-hybridized carbons (Fsp3) is 0.417. The van der Waals surface area contributed by atoms with Crippen LogP contribution in [0.1, 0.15) is 12.0 Å². The molecule has 8 heteroatoms. The number of benzene rings is 1. The van der Waals surface area contributed by atoms with Crippen LogP contribution in [0, 0.1) is 0 Å². The van der Waals surface area contributed by atoms with Gasteiger partial charge >= 0.3 is 6.18 Å². The Bertz CT molecular complexity index is 499. The molecule has 0 spiro atoms. The van der Waals surface area contributed by atoms with Gasteiger partial charge in [0.1, 0.15) is 6.54 Å². The Hall–Kier alpha value is -1.80. The first-order chi connectivity index (χ1) is 9.36. The highest BCUT2D eigenvalue weighted by Gasteiger charge is 2.33. The first-order valence-corrected chi connectivity index (χ1v) is 6.01. The van der Waals surface area contributed by atoms with E-state index in [1.54, 1.807) is 0 Å². The van der Waals surface area contributed by atoms with Crippen LogP contribution in [0.3, 0.4) is 0 Å². The number of anilines is 2. The summed E-state index contributed by atoms with van der Waals surface area (Å²) in [5.74, 6) is -0.440. The zero-order valence-electron chi connectivity index (χ0n) is 10.5. The number of alkyl halides is 3. The van der Waals surface area contributed by atoms with Crippen LogP contribution < -0.4 is 11.1 Å². The van der Waals surface area contributed by atoms with Crippen molar-refractivity contribution in [1.82, 2.24) is 5.06 Å². The van der Waals surface area contributed by atoms with Gasteiger partial charge in [0.2, 0.25) is 5.91 Å². The summed E-state index contributed by atoms with van der Waals surface area (Å²) in [7, 11) is 0. The number of nitrogens with zero attached hydrogens (tertiary/aromatic N) is 1. The van der Waals surface area contributed by atoms with E-state index in [1.807, 2.05) is 0 Å². The second-order valence-corrected chi connectivity index (χ2v) is 4.40. The largest absolute Gasteiger partial charge is 0.418 e. The van der Waals surface area contributed by atoms with Crippen molar-refractivity contribution in [3.05, 3.63) is 23.8 Å². The number of halogens is 3. The molecule has 1 aliphatic rings. The van der Waals surface area contributed by atoms with Crippen molar-refractivity contribution >= 4 is 17.3 Å². The molecular formula is C12H14F3N3O2. The monoisotopic (exact) mass is 289 g/mol. The van der Waals surface area contributed by atoms with E-state index in [9.17, 15) is 18.0 Å². The Balaban J connectivity index is 2.04. The van der Waals surface area contributed by atoms with Gasteiger partial charge in [0.25, 0.3) is 0 Å². The molecule has 0 saturated carbocycles. The lowest BCUT2D eigenvalue weighted by molar-refractivity contribution is -0.138. The van der Waals surface area contributed by atoms with Crippen molar-refractivity contribution in [1.29, 1.82) is 0 Å². The molecule has 0 aromatic heterocycles. The molecule has 20 heavy (non-hydrogen) atoms. The number of carbonyl (C=O) groups is 1. The van der Waals surface area contributed by atoms with Gasteiger partial charge in [-0.2, -0.15) is 18.2 Å². The van der Waals surface area contributed by atoms with E-state index in [0.29, 0.717) is 13.2 Å². The molecule has 0 aliphatic carbocycles. The summed E-state index contributed by atoms with van der Waals surface area (Å²) in [4.78, 5) is 16.8. The molecule has 0 atom stereocenters. The third kappa shape index (κ3) is 3.61. The number of hydrogen-bond acceptors (Lipinski definition) is 4. The van der Waals surface area contributed by atoms with Gasteiger partial charge in [0.15, 0.2) is 0 Å². The van der Waals surface area contributed by atoms with Crippen LogP contribution >= 0.6 is 0 Å². The average Bonchev–Trinajstić information content (AvgIpc) is 2.83. The van der Waals surface area contributed by atoms with Crippen molar-refractivity contribution < 1.29 is 22.8 Å². The van der Waals surface area contributed by atoms with E-state index in [0.717, 1.165) is 18.6 Å². The van der Waals surface area contributed by atoms with Crippen molar-refractivity contribution in [3.63, 3.8) is 0 Å². The number of nitrogens with one attached hydrogen (secondary N) is 1. The normalized spacial score (nSPS) is 16.4. The second kappa shape index (κ2) is 5.68. The molecule has 2 rings (SSSR count). The van der Waals surface area contributed by atoms with Gasteiger partial charge in [-0.15, -0.1) is 0 Å². The number of carbonyl (C=O) groups excluding carboxylic acids is 1. The number of nitrogens with two attached hydrogens (primary N) is 1. The quantitative estimate of drug-likeness (QED) is 0.834. The molecule has 1 heterocycles. The molecule has 1 fully saturated rings. The number of rotatable bonds is 3. The average molecular weight is 289 g/mol. The summed E-state index contributed by atoms with van der Waals surface area (Å²) in [5.41, 5.74) is 3.99. The second-order valence-electron chi connectivity index (χ2n) is 4.40. The van der Waals surface area contributed by atoms with E-state index in [4.69, 9.17) is 10.6 Å². The minimum absolute atomic E-state index is 0.0221. The first-order valence-electron chi connectivity index (χ1n) is 6.01. The summed E-state index contributed by atoms with van der Waals surface area (Å²) in [6.45, 7) is 1.15. The van der Waals surface area contributed by atoms with Crippen LogP contribution in [0.2, 0.25) is 0 Å². The number of amides is 1. The molecule has 0 bridgehead atoms. The highest BCUT2D eigenvalue weighted by atomic mass is 19.4. The summed E-state index contributed by atoms with van der Waals surface area (Å²) in [5, 5.41) is 3.86. The predicted molar refractivity (Wildman–Crippen MR) is 66.6 cm³/mol. The van der Waals surface area contributed by atoms with E-state index < -0.39 is 17.6 Å². The Morgan fingerprint density at radius 3 is 2.80 bits per heavy atom.